The smallest absolute Gasteiger partial charge is 0.253 e. The summed E-state index contributed by atoms with van der Waals surface area (Å²) in [7, 11) is 3.33. The van der Waals surface area contributed by atoms with Crippen LogP contribution in [0.2, 0.25) is 0 Å². The van der Waals surface area contributed by atoms with E-state index in [1.807, 2.05) is 20.8 Å². The lowest BCUT2D eigenvalue weighted by molar-refractivity contribution is 0.0827. The van der Waals surface area contributed by atoms with Crippen LogP contribution in [-0.4, -0.2) is 35.6 Å². The van der Waals surface area contributed by atoms with Crippen LogP contribution < -0.4 is 4.74 Å². The maximum atomic E-state index is 11.7. The molecule has 4 heteroatoms. The van der Waals surface area contributed by atoms with Crippen LogP contribution in [0, 0.1) is 0 Å². The predicted octanol–water partition coefficient (Wildman–Crippen LogP) is 2.27. The number of phenolic OH excluding ortho intramolecular Hbond substituents is 1. The van der Waals surface area contributed by atoms with Gasteiger partial charge >= 0.3 is 0 Å². The Morgan fingerprint density at radius 3 is 2.29 bits per heavy atom. The van der Waals surface area contributed by atoms with Crippen LogP contribution in [0.4, 0.5) is 0 Å². The molecule has 0 unspecified atom stereocenters. The normalized spacial score (nSPS) is 11.1. The molecule has 1 N–H and O–H groups in total. The monoisotopic (exact) mass is 237 g/mol. The first-order chi connectivity index (χ1) is 7.70. The van der Waals surface area contributed by atoms with Crippen LogP contribution in [0.15, 0.2) is 18.2 Å². The molecule has 1 amide bonds. The SMILES string of the molecule is CN(C)C(=O)c1ccc(OC(C)(C)C)c(O)c1. The average Bonchev–Trinajstić information content (AvgIpc) is 2.18. The molecule has 1 aromatic carbocycles. The number of ether oxygens (including phenoxy) is 1. The number of rotatable bonds is 2. The summed E-state index contributed by atoms with van der Waals surface area (Å²) in [5.74, 6) is 0.211. The second-order valence-electron chi connectivity index (χ2n) is 5.10. The lowest BCUT2D eigenvalue weighted by Gasteiger charge is -2.22. The van der Waals surface area contributed by atoms with E-state index < -0.39 is 0 Å². The molecular formula is C13H19NO3. The average molecular weight is 237 g/mol. The number of benzene rings is 1. The highest BCUT2D eigenvalue weighted by molar-refractivity contribution is 5.94. The number of hydrogen-bond acceptors (Lipinski definition) is 3. The molecule has 4 nitrogen and oxygen atoms in total. The number of amides is 1. The van der Waals surface area contributed by atoms with Gasteiger partial charge in [0.15, 0.2) is 11.5 Å². The maximum absolute atomic E-state index is 11.7. The number of phenols is 1. The van der Waals surface area contributed by atoms with Gasteiger partial charge in [-0.15, -0.1) is 0 Å². The Balaban J connectivity index is 2.98. The first-order valence-electron chi connectivity index (χ1n) is 5.44. The van der Waals surface area contributed by atoms with Gasteiger partial charge in [0.05, 0.1) is 0 Å². The second-order valence-corrected chi connectivity index (χ2v) is 5.10. The topological polar surface area (TPSA) is 49.8 Å². The molecule has 0 bridgehead atoms. The van der Waals surface area contributed by atoms with Crippen molar-refractivity contribution in [3.63, 3.8) is 0 Å². The molecule has 0 fully saturated rings. The summed E-state index contributed by atoms with van der Waals surface area (Å²) in [6.07, 6.45) is 0. The Morgan fingerprint density at radius 1 is 1.29 bits per heavy atom. The zero-order valence-electron chi connectivity index (χ0n) is 10.9. The number of carbonyl (C=O) groups excluding carboxylic acids is 1. The van der Waals surface area contributed by atoms with E-state index in [1.165, 1.54) is 11.0 Å². The van der Waals surface area contributed by atoms with Gasteiger partial charge in [0.2, 0.25) is 0 Å². The molecule has 0 atom stereocenters. The van der Waals surface area contributed by atoms with Crippen molar-refractivity contribution in [3.8, 4) is 11.5 Å². The molecule has 0 saturated heterocycles. The Kier molecular flexibility index (Phi) is 3.66. The zero-order chi connectivity index (χ0) is 13.2. The third-order valence-corrected chi connectivity index (χ3v) is 2.03. The molecule has 0 aliphatic heterocycles. The summed E-state index contributed by atoms with van der Waals surface area (Å²) in [4.78, 5) is 13.1. The summed E-state index contributed by atoms with van der Waals surface area (Å²) in [5.41, 5.74) is 0.0543. The van der Waals surface area contributed by atoms with Crippen LogP contribution in [0.5, 0.6) is 11.5 Å². The molecule has 1 rings (SSSR count). The molecule has 0 aromatic heterocycles. The fourth-order valence-electron chi connectivity index (χ4n) is 1.32. The van der Waals surface area contributed by atoms with Crippen LogP contribution in [-0.2, 0) is 0 Å². The van der Waals surface area contributed by atoms with Crippen molar-refractivity contribution in [2.24, 2.45) is 0 Å². The molecular weight excluding hydrogens is 218 g/mol. The van der Waals surface area contributed by atoms with Gasteiger partial charge in [-0.1, -0.05) is 0 Å². The quantitative estimate of drug-likeness (QED) is 0.858. The van der Waals surface area contributed by atoms with Crippen molar-refractivity contribution in [2.45, 2.75) is 26.4 Å². The number of hydrogen-bond donors (Lipinski definition) is 1. The van der Waals surface area contributed by atoms with Gasteiger partial charge in [-0.2, -0.15) is 0 Å². The lowest BCUT2D eigenvalue weighted by atomic mass is 10.1. The Morgan fingerprint density at radius 2 is 1.88 bits per heavy atom. The van der Waals surface area contributed by atoms with Crippen molar-refractivity contribution in [1.29, 1.82) is 0 Å². The van der Waals surface area contributed by atoms with Gasteiger partial charge in [-0.05, 0) is 39.0 Å². The fourth-order valence-corrected chi connectivity index (χ4v) is 1.32. The van der Waals surface area contributed by atoms with Crippen LogP contribution >= 0.6 is 0 Å². The Labute approximate surface area is 102 Å². The molecule has 0 radical (unpaired) electrons. The molecule has 0 aliphatic rings. The van der Waals surface area contributed by atoms with Crippen LogP contribution in [0.1, 0.15) is 31.1 Å². The van der Waals surface area contributed by atoms with Crippen molar-refractivity contribution < 1.29 is 14.6 Å². The van der Waals surface area contributed by atoms with E-state index in [-0.39, 0.29) is 17.3 Å². The predicted molar refractivity (Wildman–Crippen MR) is 66.5 cm³/mol. The Hall–Kier alpha value is -1.71. The molecule has 17 heavy (non-hydrogen) atoms. The third kappa shape index (κ3) is 3.66. The van der Waals surface area contributed by atoms with Crippen molar-refractivity contribution in [1.82, 2.24) is 4.90 Å². The maximum Gasteiger partial charge on any atom is 0.253 e. The summed E-state index contributed by atoms with van der Waals surface area (Å²) < 4.78 is 5.55. The molecule has 94 valence electrons. The highest BCUT2D eigenvalue weighted by Gasteiger charge is 2.16. The first-order valence-corrected chi connectivity index (χ1v) is 5.44. The van der Waals surface area contributed by atoms with Gasteiger partial charge in [0, 0.05) is 19.7 Å². The molecule has 1 aromatic rings. The molecule has 0 saturated carbocycles. The van der Waals surface area contributed by atoms with Gasteiger partial charge < -0.3 is 14.7 Å². The van der Waals surface area contributed by atoms with Gasteiger partial charge in [-0.25, -0.2) is 0 Å². The summed E-state index contributed by atoms with van der Waals surface area (Å²) >= 11 is 0. The minimum absolute atomic E-state index is 0.0207. The summed E-state index contributed by atoms with van der Waals surface area (Å²) in [6.45, 7) is 5.68. The highest BCUT2D eigenvalue weighted by Crippen LogP contribution is 2.30. The van der Waals surface area contributed by atoms with E-state index in [0.717, 1.165) is 0 Å². The first kappa shape index (κ1) is 13.4. The largest absolute Gasteiger partial charge is 0.504 e. The van der Waals surface area contributed by atoms with Crippen LogP contribution in [0.25, 0.3) is 0 Å². The standard InChI is InChI=1S/C13H19NO3/c1-13(2,3)17-11-7-6-9(8-10(11)15)12(16)14(4)5/h6-8,15H,1-5H3. The highest BCUT2D eigenvalue weighted by atomic mass is 16.5. The van der Waals surface area contributed by atoms with Crippen LogP contribution in [0.3, 0.4) is 0 Å². The van der Waals surface area contributed by atoms with E-state index >= 15 is 0 Å². The lowest BCUT2D eigenvalue weighted by Crippen LogP contribution is -2.23. The fraction of sp³-hybridized carbons (Fsp3) is 0.462. The Bertz CT molecular complexity index is 419. The molecule has 0 heterocycles. The van der Waals surface area contributed by atoms with Gasteiger partial charge in [0.25, 0.3) is 5.91 Å². The van der Waals surface area contributed by atoms with E-state index in [2.05, 4.69) is 0 Å². The van der Waals surface area contributed by atoms with E-state index in [1.54, 1.807) is 26.2 Å². The number of nitrogens with zero attached hydrogens (tertiary/aromatic N) is 1. The number of aromatic hydroxyl groups is 1. The van der Waals surface area contributed by atoms with Crippen molar-refractivity contribution in [2.75, 3.05) is 14.1 Å². The van der Waals surface area contributed by atoms with E-state index in [0.29, 0.717) is 11.3 Å². The van der Waals surface area contributed by atoms with E-state index in [4.69, 9.17) is 4.74 Å². The van der Waals surface area contributed by atoms with E-state index in [9.17, 15) is 9.90 Å². The summed E-state index contributed by atoms with van der Waals surface area (Å²) in [5, 5.41) is 9.79. The molecule has 0 spiro atoms. The zero-order valence-corrected chi connectivity index (χ0v) is 10.9. The minimum Gasteiger partial charge on any atom is -0.504 e. The minimum atomic E-state index is -0.384. The third-order valence-electron chi connectivity index (χ3n) is 2.03. The van der Waals surface area contributed by atoms with Gasteiger partial charge in [-0.3, -0.25) is 4.79 Å². The van der Waals surface area contributed by atoms with Gasteiger partial charge in [0.1, 0.15) is 5.60 Å². The second kappa shape index (κ2) is 4.65. The van der Waals surface area contributed by atoms with Crippen molar-refractivity contribution >= 4 is 5.91 Å². The number of carbonyl (C=O) groups is 1. The molecule has 0 aliphatic carbocycles. The summed E-state index contributed by atoms with van der Waals surface area (Å²) in [6, 6.07) is 4.67. The van der Waals surface area contributed by atoms with Crippen molar-refractivity contribution in [3.05, 3.63) is 23.8 Å².